The number of rotatable bonds is 8. The standard InChI is InChI=1S/C25H34N8OS/c1-5-35-32-10-8-17(9-11-32)12-26-23-25(34)33(15(2)3)24-19(30-23)13-27-22(31-24)20-16(4)28-14-29-21(20)18-6-7-18/h13-15,17-18H,5-12H2,1-4H3,(H,26,30). The Hall–Kier alpha value is -2.59. The molecular weight excluding hydrogens is 460 g/mol. The molecule has 1 N–H and O–H groups in total. The molecule has 10 heteroatoms. The van der Waals surface area contributed by atoms with Crippen LogP contribution in [-0.2, 0) is 0 Å². The van der Waals surface area contributed by atoms with E-state index in [9.17, 15) is 4.79 Å². The second-order valence-corrected chi connectivity index (χ2v) is 11.1. The maximum Gasteiger partial charge on any atom is 0.295 e. The predicted molar refractivity (Wildman–Crippen MR) is 141 cm³/mol. The van der Waals surface area contributed by atoms with Gasteiger partial charge in [-0.3, -0.25) is 13.7 Å². The van der Waals surface area contributed by atoms with Gasteiger partial charge in [0, 0.05) is 37.3 Å². The Balaban J connectivity index is 1.45. The molecule has 0 atom stereocenters. The van der Waals surface area contributed by atoms with Crippen molar-refractivity contribution in [2.45, 2.75) is 65.3 Å². The second-order valence-electron chi connectivity index (χ2n) is 9.80. The molecule has 2 aliphatic rings. The minimum absolute atomic E-state index is 0.0679. The van der Waals surface area contributed by atoms with Gasteiger partial charge in [0.25, 0.3) is 5.56 Å². The number of hydrogen-bond acceptors (Lipinski definition) is 9. The summed E-state index contributed by atoms with van der Waals surface area (Å²) in [6.07, 6.45) is 7.84. The molecule has 9 nitrogen and oxygen atoms in total. The van der Waals surface area contributed by atoms with Crippen LogP contribution in [0.3, 0.4) is 0 Å². The first kappa shape index (κ1) is 24.1. The van der Waals surface area contributed by atoms with Crippen molar-refractivity contribution in [3.8, 4) is 11.4 Å². The summed E-state index contributed by atoms with van der Waals surface area (Å²) in [5.41, 5.74) is 3.77. The molecule has 1 aliphatic carbocycles. The molecule has 2 fully saturated rings. The van der Waals surface area contributed by atoms with Gasteiger partial charge in [0.15, 0.2) is 17.3 Å². The third-order valence-corrected chi connectivity index (χ3v) is 7.83. The summed E-state index contributed by atoms with van der Waals surface area (Å²) in [4.78, 5) is 36.6. The van der Waals surface area contributed by atoms with E-state index in [4.69, 9.17) is 4.98 Å². The van der Waals surface area contributed by atoms with Crippen molar-refractivity contribution in [1.82, 2.24) is 33.8 Å². The maximum atomic E-state index is 13.5. The number of fused-ring (bicyclic) bond motifs is 1. The molecule has 3 aromatic rings. The fourth-order valence-electron chi connectivity index (χ4n) is 4.82. The van der Waals surface area contributed by atoms with Crippen LogP contribution in [0.4, 0.5) is 5.82 Å². The van der Waals surface area contributed by atoms with Crippen molar-refractivity contribution >= 4 is 28.9 Å². The van der Waals surface area contributed by atoms with Crippen LogP contribution in [0.2, 0.25) is 0 Å². The summed E-state index contributed by atoms with van der Waals surface area (Å²) >= 11 is 1.91. The van der Waals surface area contributed by atoms with Gasteiger partial charge in [-0.05, 0) is 52.4 Å². The van der Waals surface area contributed by atoms with Crippen LogP contribution in [0, 0.1) is 12.8 Å². The van der Waals surface area contributed by atoms with Crippen molar-refractivity contribution in [3.05, 3.63) is 34.3 Å². The molecule has 1 aliphatic heterocycles. The summed E-state index contributed by atoms with van der Waals surface area (Å²) in [5, 5.41) is 3.36. The summed E-state index contributed by atoms with van der Waals surface area (Å²) in [7, 11) is 0. The highest BCUT2D eigenvalue weighted by atomic mass is 32.2. The highest BCUT2D eigenvalue weighted by molar-refractivity contribution is 7.96. The van der Waals surface area contributed by atoms with Gasteiger partial charge in [0.2, 0.25) is 0 Å². The highest BCUT2D eigenvalue weighted by Gasteiger charge is 2.30. The summed E-state index contributed by atoms with van der Waals surface area (Å²) in [6, 6.07) is -0.0679. The molecule has 186 valence electrons. The zero-order valence-electron chi connectivity index (χ0n) is 21.0. The normalized spacial score (nSPS) is 17.4. The van der Waals surface area contributed by atoms with Crippen molar-refractivity contribution in [1.29, 1.82) is 0 Å². The molecule has 5 rings (SSSR count). The summed E-state index contributed by atoms with van der Waals surface area (Å²) in [6.45, 7) is 11.1. The smallest absolute Gasteiger partial charge is 0.295 e. The summed E-state index contributed by atoms with van der Waals surface area (Å²) < 4.78 is 4.17. The third-order valence-electron chi connectivity index (χ3n) is 6.85. The molecular formula is C25H34N8OS. The van der Waals surface area contributed by atoms with E-state index in [1.807, 2.05) is 32.7 Å². The molecule has 0 unspecified atom stereocenters. The molecule has 0 spiro atoms. The van der Waals surface area contributed by atoms with Crippen LogP contribution in [0.25, 0.3) is 22.6 Å². The Bertz CT molecular complexity index is 1260. The lowest BCUT2D eigenvalue weighted by Crippen LogP contribution is -2.33. The zero-order chi connectivity index (χ0) is 24.5. The van der Waals surface area contributed by atoms with Crippen molar-refractivity contribution in [3.63, 3.8) is 0 Å². The number of nitrogens with zero attached hydrogens (tertiary/aromatic N) is 7. The van der Waals surface area contributed by atoms with Crippen LogP contribution in [0.1, 0.15) is 69.8 Å². The fraction of sp³-hybridized carbons (Fsp3) is 0.600. The van der Waals surface area contributed by atoms with E-state index in [0.29, 0.717) is 34.6 Å². The van der Waals surface area contributed by atoms with Gasteiger partial charge in [0.1, 0.15) is 11.8 Å². The Kier molecular flexibility index (Phi) is 7.02. The number of anilines is 1. The van der Waals surface area contributed by atoms with E-state index in [-0.39, 0.29) is 11.6 Å². The monoisotopic (exact) mass is 494 g/mol. The first-order valence-electron chi connectivity index (χ1n) is 12.7. The van der Waals surface area contributed by atoms with Gasteiger partial charge in [-0.25, -0.2) is 24.9 Å². The number of aryl methyl sites for hydroxylation is 1. The topological polar surface area (TPSA) is 102 Å². The molecule has 35 heavy (non-hydrogen) atoms. The zero-order valence-corrected chi connectivity index (χ0v) is 21.8. The van der Waals surface area contributed by atoms with E-state index in [0.717, 1.165) is 68.0 Å². The number of nitrogens with one attached hydrogen (secondary N) is 1. The van der Waals surface area contributed by atoms with E-state index in [2.05, 4.69) is 36.5 Å². The lowest BCUT2D eigenvalue weighted by molar-refractivity contribution is 0.301. The SMILES string of the molecule is CCSN1CCC(CNc2nc3cnc(-c4c(C)ncnc4C4CC4)nc3n(C(C)C)c2=O)CC1. The number of hydrogen-bond donors (Lipinski definition) is 1. The molecule has 4 heterocycles. The molecule has 0 aromatic carbocycles. The highest BCUT2D eigenvalue weighted by Crippen LogP contribution is 2.43. The minimum atomic E-state index is -0.139. The third kappa shape index (κ3) is 5.04. The first-order chi connectivity index (χ1) is 17.0. The van der Waals surface area contributed by atoms with Crippen LogP contribution in [0.5, 0.6) is 0 Å². The minimum Gasteiger partial charge on any atom is -0.365 e. The maximum absolute atomic E-state index is 13.5. The van der Waals surface area contributed by atoms with Crippen LogP contribution >= 0.6 is 11.9 Å². The Morgan fingerprint density at radius 1 is 1.11 bits per heavy atom. The van der Waals surface area contributed by atoms with Gasteiger partial charge in [-0.2, -0.15) is 0 Å². The van der Waals surface area contributed by atoms with Gasteiger partial charge in [-0.1, -0.05) is 18.9 Å². The first-order valence-corrected chi connectivity index (χ1v) is 13.6. The fourth-order valence-corrected chi connectivity index (χ4v) is 5.65. The van der Waals surface area contributed by atoms with E-state index >= 15 is 0 Å². The van der Waals surface area contributed by atoms with Crippen molar-refractivity contribution < 1.29 is 0 Å². The van der Waals surface area contributed by atoms with Gasteiger partial charge in [0.05, 0.1) is 23.1 Å². The molecule has 0 amide bonds. The average Bonchev–Trinajstić information content (AvgIpc) is 3.69. The van der Waals surface area contributed by atoms with Gasteiger partial charge < -0.3 is 5.32 Å². The lowest BCUT2D eigenvalue weighted by Gasteiger charge is -2.30. The van der Waals surface area contributed by atoms with Crippen LogP contribution < -0.4 is 10.9 Å². The quantitative estimate of drug-likeness (QED) is 0.462. The number of piperidine rings is 1. The van der Waals surface area contributed by atoms with Crippen LogP contribution in [-0.4, -0.2) is 59.2 Å². The average molecular weight is 495 g/mol. The van der Waals surface area contributed by atoms with Gasteiger partial charge >= 0.3 is 0 Å². The molecule has 3 aromatic heterocycles. The van der Waals surface area contributed by atoms with Gasteiger partial charge in [-0.15, -0.1) is 0 Å². The number of aromatic nitrogens is 6. The van der Waals surface area contributed by atoms with Crippen molar-refractivity contribution in [2.75, 3.05) is 30.7 Å². The van der Waals surface area contributed by atoms with E-state index in [1.54, 1.807) is 17.1 Å². The van der Waals surface area contributed by atoms with E-state index < -0.39 is 0 Å². The largest absolute Gasteiger partial charge is 0.365 e. The lowest BCUT2D eigenvalue weighted by atomic mass is 9.98. The van der Waals surface area contributed by atoms with Crippen LogP contribution in [0.15, 0.2) is 17.3 Å². The molecule has 0 bridgehead atoms. The second kappa shape index (κ2) is 10.2. The predicted octanol–water partition coefficient (Wildman–Crippen LogP) is 4.20. The Morgan fingerprint density at radius 3 is 2.57 bits per heavy atom. The Labute approximate surface area is 210 Å². The summed E-state index contributed by atoms with van der Waals surface area (Å²) in [5.74, 6) is 3.03. The Morgan fingerprint density at radius 2 is 1.89 bits per heavy atom. The van der Waals surface area contributed by atoms with E-state index in [1.165, 1.54) is 0 Å². The molecule has 0 radical (unpaired) electrons. The molecule has 1 saturated carbocycles. The van der Waals surface area contributed by atoms with Crippen molar-refractivity contribution in [2.24, 2.45) is 5.92 Å². The molecule has 1 saturated heterocycles.